The van der Waals surface area contributed by atoms with Crippen molar-refractivity contribution in [2.24, 2.45) is 0 Å². The molecule has 0 unspecified atom stereocenters. The van der Waals surface area contributed by atoms with Crippen LogP contribution < -0.4 is 11.1 Å². The molecule has 0 bridgehead atoms. The molecule has 4 N–H and O–H groups in total. The van der Waals surface area contributed by atoms with Gasteiger partial charge in [-0.25, -0.2) is 9.18 Å². The van der Waals surface area contributed by atoms with Gasteiger partial charge in [0.15, 0.2) is 0 Å². The summed E-state index contributed by atoms with van der Waals surface area (Å²) in [5, 5.41) is 11.4. The van der Waals surface area contributed by atoms with Gasteiger partial charge >= 0.3 is 5.97 Å². The van der Waals surface area contributed by atoms with Crippen LogP contribution in [0.15, 0.2) is 42.5 Å². The molecule has 6 heteroatoms. The monoisotopic (exact) mass is 274 g/mol. The van der Waals surface area contributed by atoms with Crippen LogP contribution in [-0.4, -0.2) is 17.0 Å². The SMILES string of the molecule is Nc1ccccc1C(=O)Nc1ccc(F)cc1C(=O)O. The zero-order valence-corrected chi connectivity index (χ0v) is 10.3. The molecule has 0 aromatic heterocycles. The molecule has 0 heterocycles. The molecule has 0 saturated heterocycles. The zero-order chi connectivity index (χ0) is 14.7. The smallest absolute Gasteiger partial charge is 0.337 e. The van der Waals surface area contributed by atoms with E-state index in [2.05, 4.69) is 5.32 Å². The number of carbonyl (C=O) groups is 2. The summed E-state index contributed by atoms with van der Waals surface area (Å²) in [6, 6.07) is 9.46. The highest BCUT2D eigenvalue weighted by Crippen LogP contribution is 2.19. The van der Waals surface area contributed by atoms with Crippen LogP contribution in [0.5, 0.6) is 0 Å². The zero-order valence-electron chi connectivity index (χ0n) is 10.3. The van der Waals surface area contributed by atoms with E-state index in [-0.39, 0.29) is 22.5 Å². The molecular weight excluding hydrogens is 263 g/mol. The van der Waals surface area contributed by atoms with Crippen LogP contribution in [0.4, 0.5) is 15.8 Å². The number of carboxylic acids is 1. The van der Waals surface area contributed by atoms with Gasteiger partial charge in [0.25, 0.3) is 5.91 Å². The normalized spacial score (nSPS) is 10.1. The predicted molar refractivity (Wildman–Crippen MR) is 72.2 cm³/mol. The lowest BCUT2D eigenvalue weighted by atomic mass is 10.1. The highest BCUT2D eigenvalue weighted by Gasteiger charge is 2.15. The van der Waals surface area contributed by atoms with Gasteiger partial charge in [0.2, 0.25) is 0 Å². The van der Waals surface area contributed by atoms with Crippen molar-refractivity contribution < 1.29 is 19.1 Å². The molecule has 20 heavy (non-hydrogen) atoms. The molecule has 1 amide bonds. The van der Waals surface area contributed by atoms with Gasteiger partial charge in [-0.05, 0) is 30.3 Å². The number of rotatable bonds is 3. The highest BCUT2D eigenvalue weighted by atomic mass is 19.1. The number of nitrogens with two attached hydrogens (primary N) is 1. The number of amides is 1. The van der Waals surface area contributed by atoms with Crippen LogP contribution in [0.1, 0.15) is 20.7 Å². The Balaban J connectivity index is 2.33. The summed E-state index contributed by atoms with van der Waals surface area (Å²) in [6.45, 7) is 0. The van der Waals surface area contributed by atoms with Gasteiger partial charge in [0.1, 0.15) is 5.82 Å². The molecule has 0 spiro atoms. The van der Waals surface area contributed by atoms with Gasteiger partial charge in [-0.15, -0.1) is 0 Å². The van der Waals surface area contributed by atoms with Gasteiger partial charge in [-0.1, -0.05) is 12.1 Å². The summed E-state index contributed by atoms with van der Waals surface area (Å²) in [6.07, 6.45) is 0. The van der Waals surface area contributed by atoms with Gasteiger partial charge in [0, 0.05) is 5.69 Å². The molecule has 0 aliphatic heterocycles. The minimum atomic E-state index is -1.33. The first-order valence-electron chi connectivity index (χ1n) is 5.67. The third-order valence-electron chi connectivity index (χ3n) is 2.67. The summed E-state index contributed by atoms with van der Waals surface area (Å²) in [7, 11) is 0. The maximum Gasteiger partial charge on any atom is 0.337 e. The molecule has 0 aliphatic rings. The van der Waals surface area contributed by atoms with E-state index in [4.69, 9.17) is 10.8 Å². The van der Waals surface area contributed by atoms with E-state index >= 15 is 0 Å². The molecule has 2 aromatic carbocycles. The third-order valence-corrected chi connectivity index (χ3v) is 2.67. The number of hydrogen-bond acceptors (Lipinski definition) is 3. The lowest BCUT2D eigenvalue weighted by molar-refractivity contribution is 0.0697. The van der Waals surface area contributed by atoms with Crippen molar-refractivity contribution in [1.82, 2.24) is 0 Å². The molecule has 0 radical (unpaired) electrons. The number of para-hydroxylation sites is 1. The van der Waals surface area contributed by atoms with E-state index in [9.17, 15) is 14.0 Å². The molecule has 0 aliphatic carbocycles. The Bertz CT molecular complexity index is 686. The van der Waals surface area contributed by atoms with Crippen molar-refractivity contribution in [1.29, 1.82) is 0 Å². The number of hydrogen-bond donors (Lipinski definition) is 3. The first-order chi connectivity index (χ1) is 9.49. The Morgan fingerprint density at radius 2 is 1.80 bits per heavy atom. The van der Waals surface area contributed by atoms with Crippen LogP contribution in [0.25, 0.3) is 0 Å². The topological polar surface area (TPSA) is 92.4 Å². The molecule has 2 rings (SSSR count). The first kappa shape index (κ1) is 13.5. The van der Waals surface area contributed by atoms with E-state index in [0.717, 1.165) is 12.1 Å². The van der Waals surface area contributed by atoms with Crippen LogP contribution in [0, 0.1) is 5.82 Å². The minimum absolute atomic E-state index is 0.00662. The van der Waals surface area contributed by atoms with Crippen molar-refractivity contribution in [3.63, 3.8) is 0 Å². The summed E-state index contributed by atoms with van der Waals surface area (Å²) < 4.78 is 13.0. The molecule has 0 atom stereocenters. The van der Waals surface area contributed by atoms with E-state index in [1.54, 1.807) is 18.2 Å². The fraction of sp³-hybridized carbons (Fsp3) is 0. The summed E-state index contributed by atoms with van der Waals surface area (Å²) in [4.78, 5) is 23.0. The second-order valence-electron chi connectivity index (χ2n) is 4.04. The van der Waals surface area contributed by atoms with Crippen molar-refractivity contribution in [2.45, 2.75) is 0 Å². The third kappa shape index (κ3) is 2.74. The van der Waals surface area contributed by atoms with Gasteiger partial charge in [0.05, 0.1) is 16.8 Å². The number of carboxylic acid groups (broad SMARTS) is 1. The lowest BCUT2D eigenvalue weighted by Gasteiger charge is -2.10. The first-order valence-corrected chi connectivity index (χ1v) is 5.67. The van der Waals surface area contributed by atoms with Crippen molar-refractivity contribution in [2.75, 3.05) is 11.1 Å². The van der Waals surface area contributed by atoms with Crippen LogP contribution in [-0.2, 0) is 0 Å². The minimum Gasteiger partial charge on any atom is -0.478 e. The van der Waals surface area contributed by atoms with Crippen LogP contribution in [0.3, 0.4) is 0 Å². The fourth-order valence-corrected chi connectivity index (χ4v) is 1.70. The van der Waals surface area contributed by atoms with Gasteiger partial charge in [-0.2, -0.15) is 0 Å². The van der Waals surface area contributed by atoms with E-state index in [0.29, 0.717) is 0 Å². The van der Waals surface area contributed by atoms with Crippen molar-refractivity contribution in [3.05, 3.63) is 59.4 Å². The average Bonchev–Trinajstić information content (AvgIpc) is 2.41. The number of carbonyl (C=O) groups excluding carboxylic acids is 1. The maximum atomic E-state index is 13.0. The van der Waals surface area contributed by atoms with Crippen molar-refractivity contribution in [3.8, 4) is 0 Å². The molecule has 5 nitrogen and oxygen atoms in total. The average molecular weight is 274 g/mol. The van der Waals surface area contributed by atoms with Crippen LogP contribution >= 0.6 is 0 Å². The number of benzene rings is 2. The second kappa shape index (κ2) is 5.40. The molecular formula is C14H11FN2O3. The number of anilines is 2. The van der Waals surface area contributed by atoms with Crippen molar-refractivity contribution >= 4 is 23.3 Å². The van der Waals surface area contributed by atoms with E-state index in [1.165, 1.54) is 12.1 Å². The summed E-state index contributed by atoms with van der Waals surface area (Å²) >= 11 is 0. The van der Waals surface area contributed by atoms with E-state index in [1.807, 2.05) is 0 Å². The quantitative estimate of drug-likeness (QED) is 0.749. The standard InChI is InChI=1S/C14H11FN2O3/c15-8-5-6-12(10(7-8)14(19)20)17-13(18)9-3-1-2-4-11(9)16/h1-7H,16H2,(H,17,18)(H,19,20). The fourth-order valence-electron chi connectivity index (χ4n) is 1.70. The number of nitrogen functional groups attached to an aromatic ring is 1. The van der Waals surface area contributed by atoms with Gasteiger partial charge < -0.3 is 16.2 Å². The summed E-state index contributed by atoms with van der Waals surface area (Å²) in [5.41, 5.74) is 5.82. The maximum absolute atomic E-state index is 13.0. The number of aromatic carboxylic acids is 1. The largest absolute Gasteiger partial charge is 0.478 e. The Morgan fingerprint density at radius 3 is 2.45 bits per heavy atom. The number of nitrogens with one attached hydrogen (secondary N) is 1. The lowest BCUT2D eigenvalue weighted by Crippen LogP contribution is -2.16. The van der Waals surface area contributed by atoms with E-state index < -0.39 is 17.7 Å². The van der Waals surface area contributed by atoms with Crippen LogP contribution in [0.2, 0.25) is 0 Å². The highest BCUT2D eigenvalue weighted by molar-refractivity contribution is 6.10. The van der Waals surface area contributed by atoms with Gasteiger partial charge in [-0.3, -0.25) is 4.79 Å². The predicted octanol–water partition coefficient (Wildman–Crippen LogP) is 2.36. The Morgan fingerprint density at radius 1 is 1.10 bits per heavy atom. The Kier molecular flexibility index (Phi) is 3.65. The second-order valence-corrected chi connectivity index (χ2v) is 4.04. The molecule has 102 valence electrons. The Labute approximate surface area is 113 Å². The molecule has 0 fully saturated rings. The number of halogens is 1. The molecule has 2 aromatic rings. The molecule has 0 saturated carbocycles. The summed E-state index contributed by atoms with van der Waals surface area (Å²) in [5.74, 6) is -2.59. The Hall–Kier alpha value is -2.89.